The molecular formula is C24H27NO6. The predicted molar refractivity (Wildman–Crippen MR) is 116 cm³/mol. The van der Waals surface area contributed by atoms with Crippen molar-refractivity contribution in [1.82, 2.24) is 4.90 Å². The average molecular weight is 425 g/mol. The lowest BCUT2D eigenvalue weighted by Gasteiger charge is -2.25. The zero-order chi connectivity index (χ0) is 22.5. The molecular weight excluding hydrogens is 398 g/mol. The van der Waals surface area contributed by atoms with Crippen molar-refractivity contribution >= 4 is 17.4 Å². The molecule has 2 aromatic carbocycles. The number of carbonyl (C=O) groups excluding carboxylic acids is 2. The third-order valence-corrected chi connectivity index (χ3v) is 5.17. The molecule has 0 bridgehead atoms. The van der Waals surface area contributed by atoms with Gasteiger partial charge in [0.2, 0.25) is 0 Å². The highest BCUT2D eigenvalue weighted by Gasteiger charge is 2.45. The van der Waals surface area contributed by atoms with Gasteiger partial charge in [0.05, 0.1) is 32.4 Å². The van der Waals surface area contributed by atoms with Crippen LogP contribution >= 0.6 is 0 Å². The Morgan fingerprint density at radius 1 is 1.00 bits per heavy atom. The summed E-state index contributed by atoms with van der Waals surface area (Å²) in [7, 11) is 3.09. The van der Waals surface area contributed by atoms with Crippen molar-refractivity contribution in [2.24, 2.45) is 0 Å². The first-order valence-electron chi connectivity index (χ1n) is 10.2. The topological polar surface area (TPSA) is 85.3 Å². The van der Waals surface area contributed by atoms with E-state index in [0.29, 0.717) is 47.9 Å². The van der Waals surface area contributed by atoms with Gasteiger partial charge in [0.1, 0.15) is 11.5 Å². The average Bonchev–Trinajstić information content (AvgIpc) is 3.04. The van der Waals surface area contributed by atoms with E-state index >= 15 is 0 Å². The standard InChI is InChI=1S/C24H27NO6/c1-5-13-25-21(16-9-12-18(30-4)19(14-16)31-6-2)20(23(27)24(25)28)22(26)15-7-10-17(29-3)11-8-15/h7-12,14,21,26H,5-6,13H2,1-4H3/b22-20-. The normalized spacial score (nSPS) is 17.7. The number of nitrogens with zero attached hydrogens (tertiary/aromatic N) is 1. The van der Waals surface area contributed by atoms with Gasteiger partial charge in [-0.15, -0.1) is 0 Å². The SMILES string of the molecule is CCCN1C(=O)C(=O)/C(=C(\O)c2ccc(OC)cc2)C1c1ccc(OC)c(OCC)c1. The molecule has 7 nitrogen and oxygen atoms in total. The second-order valence-electron chi connectivity index (χ2n) is 7.06. The highest BCUT2D eigenvalue weighted by atomic mass is 16.5. The van der Waals surface area contributed by atoms with Gasteiger partial charge in [-0.1, -0.05) is 13.0 Å². The van der Waals surface area contributed by atoms with Crippen LogP contribution in [0.4, 0.5) is 0 Å². The lowest BCUT2D eigenvalue weighted by Crippen LogP contribution is -2.30. The third-order valence-electron chi connectivity index (χ3n) is 5.17. The summed E-state index contributed by atoms with van der Waals surface area (Å²) in [5.41, 5.74) is 1.14. The van der Waals surface area contributed by atoms with E-state index in [1.54, 1.807) is 56.7 Å². The molecule has 0 aromatic heterocycles. The zero-order valence-corrected chi connectivity index (χ0v) is 18.2. The van der Waals surface area contributed by atoms with Crippen molar-refractivity contribution in [3.63, 3.8) is 0 Å². The Morgan fingerprint density at radius 3 is 2.29 bits per heavy atom. The number of hydrogen-bond acceptors (Lipinski definition) is 6. The number of likely N-dealkylation sites (tertiary alicyclic amines) is 1. The molecule has 1 unspecified atom stereocenters. The Hall–Kier alpha value is -3.48. The molecule has 3 rings (SSSR count). The molecule has 1 aliphatic rings. The first kappa shape index (κ1) is 22.2. The van der Waals surface area contributed by atoms with Crippen molar-refractivity contribution in [2.45, 2.75) is 26.3 Å². The molecule has 0 spiro atoms. The van der Waals surface area contributed by atoms with Gasteiger partial charge in [0.25, 0.3) is 11.7 Å². The van der Waals surface area contributed by atoms with Gasteiger partial charge in [0.15, 0.2) is 11.5 Å². The molecule has 1 N–H and O–H groups in total. The molecule has 7 heteroatoms. The van der Waals surface area contributed by atoms with Crippen LogP contribution in [0.1, 0.15) is 37.4 Å². The molecule has 0 saturated carbocycles. The van der Waals surface area contributed by atoms with Crippen molar-refractivity contribution < 1.29 is 28.9 Å². The van der Waals surface area contributed by atoms with Crippen LogP contribution in [0, 0.1) is 0 Å². The van der Waals surface area contributed by atoms with Crippen LogP contribution in [-0.4, -0.2) is 49.1 Å². The molecule has 0 radical (unpaired) electrons. The highest BCUT2D eigenvalue weighted by Crippen LogP contribution is 2.42. The number of Topliss-reactive ketones (excluding diaryl/α,β-unsaturated/α-hetero) is 1. The van der Waals surface area contributed by atoms with Crippen molar-refractivity contribution in [1.29, 1.82) is 0 Å². The van der Waals surface area contributed by atoms with Gasteiger partial charge in [-0.2, -0.15) is 0 Å². The smallest absolute Gasteiger partial charge is 0.295 e. The minimum Gasteiger partial charge on any atom is -0.507 e. The van der Waals surface area contributed by atoms with E-state index in [2.05, 4.69) is 0 Å². The van der Waals surface area contributed by atoms with Gasteiger partial charge < -0.3 is 24.2 Å². The molecule has 164 valence electrons. The molecule has 2 aromatic rings. The maximum atomic E-state index is 13.0. The molecule has 1 atom stereocenters. The molecule has 31 heavy (non-hydrogen) atoms. The van der Waals surface area contributed by atoms with E-state index in [4.69, 9.17) is 14.2 Å². The molecule has 1 aliphatic heterocycles. The summed E-state index contributed by atoms with van der Waals surface area (Å²) in [6.07, 6.45) is 0.667. The number of ketones is 1. The number of aliphatic hydroxyl groups excluding tert-OH is 1. The fraction of sp³-hybridized carbons (Fsp3) is 0.333. The minimum atomic E-state index is -0.729. The van der Waals surface area contributed by atoms with Crippen molar-refractivity contribution in [3.05, 3.63) is 59.2 Å². The van der Waals surface area contributed by atoms with Crippen LogP contribution < -0.4 is 14.2 Å². The van der Waals surface area contributed by atoms with E-state index < -0.39 is 17.7 Å². The largest absolute Gasteiger partial charge is 0.507 e. The summed E-state index contributed by atoms with van der Waals surface area (Å²) in [6.45, 7) is 4.60. The Labute approximate surface area is 181 Å². The summed E-state index contributed by atoms with van der Waals surface area (Å²) in [6, 6.07) is 11.2. The number of methoxy groups -OCH3 is 2. The van der Waals surface area contributed by atoms with Gasteiger partial charge in [-0.3, -0.25) is 9.59 Å². The molecule has 0 aliphatic carbocycles. The van der Waals surface area contributed by atoms with E-state index in [1.807, 2.05) is 13.8 Å². The molecule has 1 fully saturated rings. The van der Waals surface area contributed by atoms with Gasteiger partial charge in [-0.05, 0) is 55.3 Å². The predicted octanol–water partition coefficient (Wildman–Crippen LogP) is 3.93. The monoisotopic (exact) mass is 425 g/mol. The molecule has 1 heterocycles. The number of benzene rings is 2. The van der Waals surface area contributed by atoms with Crippen molar-refractivity contribution in [2.75, 3.05) is 27.4 Å². The summed E-state index contributed by atoms with van der Waals surface area (Å²) in [4.78, 5) is 27.3. The lowest BCUT2D eigenvalue weighted by molar-refractivity contribution is -0.139. The maximum Gasteiger partial charge on any atom is 0.295 e. The van der Waals surface area contributed by atoms with E-state index in [0.717, 1.165) is 0 Å². The first-order chi connectivity index (χ1) is 15.0. The number of ether oxygens (including phenoxy) is 3. The summed E-state index contributed by atoms with van der Waals surface area (Å²) in [5.74, 6) is 0.118. The first-order valence-corrected chi connectivity index (χ1v) is 10.2. The van der Waals surface area contributed by atoms with Crippen LogP contribution in [0.25, 0.3) is 5.76 Å². The number of amides is 1. The van der Waals surface area contributed by atoms with E-state index in [-0.39, 0.29) is 11.3 Å². The Kier molecular flexibility index (Phi) is 6.84. The van der Waals surface area contributed by atoms with Crippen LogP contribution in [-0.2, 0) is 9.59 Å². The Morgan fingerprint density at radius 2 is 1.71 bits per heavy atom. The summed E-state index contributed by atoms with van der Waals surface area (Å²) in [5, 5.41) is 11.0. The van der Waals surface area contributed by atoms with Crippen LogP contribution in [0.2, 0.25) is 0 Å². The minimum absolute atomic E-state index is 0.0521. The Bertz CT molecular complexity index is 996. The number of carbonyl (C=O) groups is 2. The fourth-order valence-electron chi connectivity index (χ4n) is 3.73. The molecule has 1 saturated heterocycles. The number of hydrogen-bond donors (Lipinski definition) is 1. The van der Waals surface area contributed by atoms with Gasteiger partial charge >= 0.3 is 0 Å². The van der Waals surface area contributed by atoms with Gasteiger partial charge in [-0.25, -0.2) is 0 Å². The van der Waals surface area contributed by atoms with E-state index in [1.165, 1.54) is 4.90 Å². The summed E-state index contributed by atoms with van der Waals surface area (Å²) < 4.78 is 16.2. The van der Waals surface area contributed by atoms with Crippen LogP contribution in [0.15, 0.2) is 48.0 Å². The number of aliphatic hydroxyl groups is 1. The maximum absolute atomic E-state index is 13.0. The third kappa shape index (κ3) is 4.21. The van der Waals surface area contributed by atoms with Crippen molar-refractivity contribution in [3.8, 4) is 17.2 Å². The number of rotatable bonds is 8. The van der Waals surface area contributed by atoms with Crippen LogP contribution in [0.5, 0.6) is 17.2 Å². The highest BCUT2D eigenvalue weighted by molar-refractivity contribution is 6.46. The fourth-order valence-corrected chi connectivity index (χ4v) is 3.73. The van der Waals surface area contributed by atoms with Gasteiger partial charge in [0, 0.05) is 12.1 Å². The second kappa shape index (κ2) is 9.55. The Balaban J connectivity index is 2.17. The second-order valence-corrected chi connectivity index (χ2v) is 7.06. The zero-order valence-electron chi connectivity index (χ0n) is 18.2. The van der Waals surface area contributed by atoms with E-state index in [9.17, 15) is 14.7 Å². The van der Waals surface area contributed by atoms with Crippen LogP contribution in [0.3, 0.4) is 0 Å². The summed E-state index contributed by atoms with van der Waals surface area (Å²) >= 11 is 0. The lowest BCUT2D eigenvalue weighted by atomic mass is 9.95. The quantitative estimate of drug-likeness (QED) is 0.392. The molecule has 1 amide bonds.